The first-order valence-electron chi connectivity index (χ1n) is 9.00. The SMILES string of the molecule is COc1ccc(NC(=O)N2CC[NH+](C/C=C/c3ccccc3)CC2)cc1. The molecular formula is C21H26N3O2+. The van der Waals surface area contributed by atoms with Crippen LogP contribution in [0.4, 0.5) is 10.5 Å². The Balaban J connectivity index is 1.42. The molecule has 0 unspecified atom stereocenters. The molecule has 0 atom stereocenters. The Morgan fingerprint density at radius 3 is 2.46 bits per heavy atom. The van der Waals surface area contributed by atoms with Crippen LogP contribution in [0.5, 0.6) is 5.75 Å². The number of methoxy groups -OCH3 is 1. The fraction of sp³-hybridized carbons (Fsp3) is 0.286. The van der Waals surface area contributed by atoms with Crippen LogP contribution >= 0.6 is 0 Å². The highest BCUT2D eigenvalue weighted by atomic mass is 16.5. The van der Waals surface area contributed by atoms with Gasteiger partial charge in [0.05, 0.1) is 39.8 Å². The summed E-state index contributed by atoms with van der Waals surface area (Å²) < 4.78 is 5.13. The highest BCUT2D eigenvalue weighted by Crippen LogP contribution is 2.15. The Morgan fingerprint density at radius 1 is 1.12 bits per heavy atom. The van der Waals surface area contributed by atoms with Crippen molar-refractivity contribution in [2.24, 2.45) is 0 Å². The summed E-state index contributed by atoms with van der Waals surface area (Å²) in [4.78, 5) is 15.8. The Bertz CT molecular complexity index is 721. The van der Waals surface area contributed by atoms with Crippen molar-refractivity contribution < 1.29 is 14.4 Å². The number of rotatable bonds is 5. The van der Waals surface area contributed by atoms with E-state index in [0.717, 1.165) is 44.2 Å². The van der Waals surface area contributed by atoms with E-state index in [-0.39, 0.29) is 6.03 Å². The van der Waals surface area contributed by atoms with Crippen molar-refractivity contribution in [2.75, 3.05) is 45.2 Å². The van der Waals surface area contributed by atoms with E-state index in [1.807, 2.05) is 47.4 Å². The maximum Gasteiger partial charge on any atom is 0.322 e. The third-order valence-corrected chi connectivity index (χ3v) is 4.62. The predicted octanol–water partition coefficient (Wildman–Crippen LogP) is 2.14. The van der Waals surface area contributed by atoms with Crippen molar-refractivity contribution in [2.45, 2.75) is 0 Å². The zero-order valence-corrected chi connectivity index (χ0v) is 15.2. The predicted molar refractivity (Wildman–Crippen MR) is 105 cm³/mol. The molecule has 5 heteroatoms. The van der Waals surface area contributed by atoms with Crippen LogP contribution in [0.15, 0.2) is 60.7 Å². The monoisotopic (exact) mass is 352 g/mol. The second-order valence-electron chi connectivity index (χ2n) is 6.41. The average molecular weight is 352 g/mol. The van der Waals surface area contributed by atoms with Gasteiger partial charge in [0, 0.05) is 5.69 Å². The number of amides is 2. The molecule has 2 aromatic carbocycles. The molecule has 3 rings (SSSR count). The van der Waals surface area contributed by atoms with Gasteiger partial charge in [-0.15, -0.1) is 0 Å². The maximum atomic E-state index is 12.4. The Morgan fingerprint density at radius 2 is 1.81 bits per heavy atom. The zero-order valence-electron chi connectivity index (χ0n) is 15.2. The van der Waals surface area contributed by atoms with Gasteiger partial charge >= 0.3 is 6.03 Å². The summed E-state index contributed by atoms with van der Waals surface area (Å²) in [6.07, 6.45) is 4.38. The van der Waals surface area contributed by atoms with Gasteiger partial charge in [0.15, 0.2) is 0 Å². The van der Waals surface area contributed by atoms with Gasteiger partial charge in [-0.1, -0.05) is 36.4 Å². The third kappa shape index (κ3) is 5.10. The second kappa shape index (κ2) is 9.06. The Labute approximate surface area is 154 Å². The molecule has 1 saturated heterocycles. The molecule has 0 aromatic heterocycles. The second-order valence-corrected chi connectivity index (χ2v) is 6.41. The number of piperazine rings is 1. The van der Waals surface area contributed by atoms with E-state index in [1.54, 1.807) is 7.11 Å². The number of nitrogens with one attached hydrogen (secondary N) is 2. The number of urea groups is 1. The zero-order chi connectivity index (χ0) is 18.2. The normalized spacial score (nSPS) is 15.2. The molecule has 5 nitrogen and oxygen atoms in total. The summed E-state index contributed by atoms with van der Waals surface area (Å²) in [7, 11) is 1.63. The summed E-state index contributed by atoms with van der Waals surface area (Å²) in [6.45, 7) is 4.47. The first-order chi connectivity index (χ1) is 12.7. The molecule has 1 heterocycles. The lowest BCUT2D eigenvalue weighted by molar-refractivity contribution is -0.898. The van der Waals surface area contributed by atoms with Gasteiger partial charge in [-0.25, -0.2) is 4.79 Å². The number of carbonyl (C=O) groups is 1. The molecule has 1 fully saturated rings. The molecule has 1 aliphatic rings. The molecule has 26 heavy (non-hydrogen) atoms. The smallest absolute Gasteiger partial charge is 0.322 e. The van der Waals surface area contributed by atoms with E-state index in [0.29, 0.717) is 0 Å². The number of hydrogen-bond donors (Lipinski definition) is 2. The van der Waals surface area contributed by atoms with Gasteiger partial charge in [-0.2, -0.15) is 0 Å². The minimum atomic E-state index is -0.0333. The fourth-order valence-electron chi connectivity index (χ4n) is 3.03. The van der Waals surface area contributed by atoms with Crippen LogP contribution in [-0.2, 0) is 0 Å². The van der Waals surface area contributed by atoms with E-state index in [4.69, 9.17) is 4.74 Å². The lowest BCUT2D eigenvalue weighted by Crippen LogP contribution is -3.14. The molecular weight excluding hydrogens is 326 g/mol. The number of nitrogens with zero attached hydrogens (tertiary/aromatic N) is 1. The molecule has 0 bridgehead atoms. The molecule has 0 spiro atoms. The molecule has 0 aliphatic carbocycles. The highest BCUT2D eigenvalue weighted by Gasteiger charge is 2.22. The fourth-order valence-corrected chi connectivity index (χ4v) is 3.03. The van der Waals surface area contributed by atoms with Crippen LogP contribution in [0.1, 0.15) is 5.56 Å². The first kappa shape index (κ1) is 18.0. The van der Waals surface area contributed by atoms with Gasteiger partial charge in [0.25, 0.3) is 0 Å². The number of hydrogen-bond acceptors (Lipinski definition) is 2. The minimum Gasteiger partial charge on any atom is -0.497 e. The molecule has 0 radical (unpaired) electrons. The average Bonchev–Trinajstić information content (AvgIpc) is 2.70. The van der Waals surface area contributed by atoms with Crippen molar-refractivity contribution >= 4 is 17.8 Å². The first-order valence-corrected chi connectivity index (χ1v) is 9.00. The van der Waals surface area contributed by atoms with Gasteiger partial charge < -0.3 is 19.9 Å². The standard InChI is InChI=1S/C21H25N3O2/c1-26-20-11-9-19(10-12-20)22-21(25)24-16-14-23(15-17-24)13-5-8-18-6-3-2-4-7-18/h2-12H,13-17H2,1H3,(H,22,25)/p+1/b8-5+. The van der Waals surface area contributed by atoms with E-state index < -0.39 is 0 Å². The van der Waals surface area contributed by atoms with Crippen LogP contribution < -0.4 is 15.0 Å². The van der Waals surface area contributed by atoms with Crippen LogP contribution in [0.2, 0.25) is 0 Å². The molecule has 2 aromatic rings. The number of ether oxygens (including phenoxy) is 1. The summed E-state index contributed by atoms with van der Waals surface area (Å²) >= 11 is 0. The lowest BCUT2D eigenvalue weighted by Gasteiger charge is -2.31. The quantitative estimate of drug-likeness (QED) is 0.866. The molecule has 0 saturated carbocycles. The van der Waals surface area contributed by atoms with Crippen molar-refractivity contribution in [3.8, 4) is 5.75 Å². The molecule has 2 amide bonds. The van der Waals surface area contributed by atoms with Gasteiger partial charge in [-0.05, 0) is 35.9 Å². The Kier molecular flexibility index (Phi) is 6.28. The maximum absolute atomic E-state index is 12.4. The molecule has 136 valence electrons. The number of benzene rings is 2. The molecule has 2 N–H and O–H groups in total. The van der Waals surface area contributed by atoms with Gasteiger partial charge in [0.2, 0.25) is 0 Å². The highest BCUT2D eigenvalue weighted by molar-refractivity contribution is 5.89. The Hall–Kier alpha value is -2.79. The van der Waals surface area contributed by atoms with Gasteiger partial charge in [-0.3, -0.25) is 0 Å². The number of anilines is 1. The lowest BCUT2D eigenvalue weighted by atomic mass is 10.2. The van der Waals surface area contributed by atoms with Crippen LogP contribution in [0.25, 0.3) is 6.08 Å². The minimum absolute atomic E-state index is 0.0333. The van der Waals surface area contributed by atoms with Crippen molar-refractivity contribution in [3.05, 3.63) is 66.2 Å². The third-order valence-electron chi connectivity index (χ3n) is 4.62. The largest absolute Gasteiger partial charge is 0.497 e. The summed E-state index contributed by atoms with van der Waals surface area (Å²) in [5.41, 5.74) is 2.01. The van der Waals surface area contributed by atoms with Crippen molar-refractivity contribution in [1.29, 1.82) is 0 Å². The summed E-state index contributed by atoms with van der Waals surface area (Å²) in [5, 5.41) is 2.95. The number of quaternary nitrogens is 1. The summed E-state index contributed by atoms with van der Waals surface area (Å²) in [6, 6.07) is 17.7. The van der Waals surface area contributed by atoms with Gasteiger partial charge in [0.1, 0.15) is 5.75 Å². The summed E-state index contributed by atoms with van der Waals surface area (Å²) in [5.74, 6) is 0.781. The van der Waals surface area contributed by atoms with E-state index in [2.05, 4.69) is 29.6 Å². The van der Waals surface area contributed by atoms with Crippen LogP contribution in [0.3, 0.4) is 0 Å². The van der Waals surface area contributed by atoms with E-state index >= 15 is 0 Å². The van der Waals surface area contributed by atoms with Crippen LogP contribution in [-0.4, -0.2) is 50.8 Å². The van der Waals surface area contributed by atoms with Crippen molar-refractivity contribution in [3.63, 3.8) is 0 Å². The van der Waals surface area contributed by atoms with Crippen LogP contribution in [0, 0.1) is 0 Å². The van der Waals surface area contributed by atoms with E-state index in [9.17, 15) is 4.79 Å². The topological polar surface area (TPSA) is 46.0 Å². The molecule has 1 aliphatic heterocycles. The number of carbonyl (C=O) groups excluding carboxylic acids is 1. The van der Waals surface area contributed by atoms with Crippen molar-refractivity contribution in [1.82, 2.24) is 4.90 Å². The van der Waals surface area contributed by atoms with E-state index in [1.165, 1.54) is 10.5 Å².